The summed E-state index contributed by atoms with van der Waals surface area (Å²) in [4.78, 5) is 13.3. The molecule has 16 heteroatoms. The first kappa shape index (κ1) is 60.0. The molecule has 2 fully saturated rings. The summed E-state index contributed by atoms with van der Waals surface area (Å²) in [5.41, 5.74) is 0. The predicted octanol–water partition coefficient (Wildman–Crippen LogP) is 4.55. The zero-order valence-corrected chi connectivity index (χ0v) is 40.2. The van der Waals surface area contributed by atoms with Gasteiger partial charge in [0, 0.05) is 0 Å². The van der Waals surface area contributed by atoms with Gasteiger partial charge in [-0.05, 0) is 12.8 Å². The summed E-state index contributed by atoms with van der Waals surface area (Å²) in [5, 5.41) is 108. The van der Waals surface area contributed by atoms with E-state index in [4.69, 9.17) is 18.9 Å². The second-order valence-corrected chi connectivity index (χ2v) is 18.9. The molecule has 0 saturated carbocycles. The van der Waals surface area contributed by atoms with E-state index in [-0.39, 0.29) is 12.8 Å². The van der Waals surface area contributed by atoms with Crippen molar-refractivity contribution >= 4 is 5.91 Å². The molecular formula is C49H95NO15. The van der Waals surface area contributed by atoms with Crippen molar-refractivity contribution in [3.63, 3.8) is 0 Å². The molecule has 16 nitrogen and oxygen atoms in total. The number of ether oxygens (including phenoxy) is 4. The smallest absolute Gasteiger partial charge is 0.249 e. The second kappa shape index (κ2) is 36.8. The highest BCUT2D eigenvalue weighted by Crippen LogP contribution is 2.31. The van der Waals surface area contributed by atoms with Crippen molar-refractivity contribution in [3.8, 4) is 0 Å². The minimum Gasteiger partial charge on any atom is -0.394 e. The minimum absolute atomic E-state index is 0.203. The van der Waals surface area contributed by atoms with Crippen molar-refractivity contribution in [3.05, 3.63) is 0 Å². The topological polar surface area (TPSA) is 268 Å². The van der Waals surface area contributed by atoms with Crippen LogP contribution >= 0.6 is 0 Å². The molecule has 2 aliphatic rings. The van der Waals surface area contributed by atoms with Crippen molar-refractivity contribution in [2.75, 3.05) is 19.8 Å². The van der Waals surface area contributed by atoms with E-state index in [2.05, 4.69) is 19.2 Å². The van der Waals surface area contributed by atoms with Gasteiger partial charge in [0.15, 0.2) is 12.6 Å². The van der Waals surface area contributed by atoms with Crippen LogP contribution in [0.4, 0.5) is 0 Å². The maximum absolute atomic E-state index is 13.3. The maximum Gasteiger partial charge on any atom is 0.249 e. The highest BCUT2D eigenvalue weighted by atomic mass is 16.7. The number of amides is 1. The van der Waals surface area contributed by atoms with Crippen molar-refractivity contribution in [1.82, 2.24) is 5.32 Å². The lowest BCUT2D eigenvalue weighted by Crippen LogP contribution is -2.62. The van der Waals surface area contributed by atoms with Crippen LogP contribution in [0.15, 0.2) is 0 Å². The van der Waals surface area contributed by atoms with Crippen LogP contribution in [-0.4, -0.2) is 163 Å². The molecule has 2 heterocycles. The molecule has 386 valence electrons. The molecule has 0 aliphatic carbocycles. The molecule has 14 unspecified atom stereocenters. The van der Waals surface area contributed by atoms with Crippen LogP contribution in [0.1, 0.15) is 200 Å². The third-order valence-electron chi connectivity index (χ3n) is 13.2. The van der Waals surface area contributed by atoms with Gasteiger partial charge < -0.3 is 75.3 Å². The van der Waals surface area contributed by atoms with E-state index in [0.29, 0.717) is 12.8 Å². The lowest BCUT2D eigenvalue weighted by molar-refractivity contribution is -0.332. The van der Waals surface area contributed by atoms with Crippen LogP contribution in [0.25, 0.3) is 0 Å². The average molecular weight is 938 g/mol. The Morgan fingerprint density at radius 1 is 0.554 bits per heavy atom. The zero-order chi connectivity index (χ0) is 47.8. The number of aliphatic hydroxyl groups is 10. The minimum atomic E-state index is -1.82. The van der Waals surface area contributed by atoms with Crippen LogP contribution in [0.3, 0.4) is 0 Å². The van der Waals surface area contributed by atoms with E-state index < -0.39 is 111 Å². The molecular weight excluding hydrogens is 843 g/mol. The van der Waals surface area contributed by atoms with Gasteiger partial charge in [-0.1, -0.05) is 187 Å². The van der Waals surface area contributed by atoms with Gasteiger partial charge in [0.05, 0.1) is 32.0 Å². The summed E-state index contributed by atoms with van der Waals surface area (Å²) in [7, 11) is 0. The van der Waals surface area contributed by atoms with Crippen molar-refractivity contribution in [2.24, 2.45) is 0 Å². The van der Waals surface area contributed by atoms with Crippen LogP contribution in [0, 0.1) is 0 Å². The van der Waals surface area contributed by atoms with E-state index in [9.17, 15) is 55.9 Å². The Hall–Kier alpha value is -1.09. The lowest BCUT2D eigenvalue weighted by Gasteiger charge is -2.43. The number of rotatable bonds is 41. The van der Waals surface area contributed by atoms with Crippen LogP contribution in [-0.2, 0) is 23.7 Å². The molecule has 1 amide bonds. The Balaban J connectivity index is 1.91. The van der Waals surface area contributed by atoms with Gasteiger partial charge in [-0.2, -0.15) is 0 Å². The van der Waals surface area contributed by atoms with Gasteiger partial charge in [-0.3, -0.25) is 4.79 Å². The molecule has 2 aliphatic heterocycles. The SMILES string of the molecule is CCCCCCCCCCCCCCCCCCCC(O)C(=O)NC(COC1OC(CO)C(O)C(OC2OC(C(O)CO)C(O)C2O)C1O)C(O)C(O)CCCCCCCCCCCC. The summed E-state index contributed by atoms with van der Waals surface area (Å²) in [5.74, 6) is -0.763. The van der Waals surface area contributed by atoms with Gasteiger partial charge in [0.2, 0.25) is 5.91 Å². The predicted molar refractivity (Wildman–Crippen MR) is 248 cm³/mol. The quantitative estimate of drug-likeness (QED) is 0.0376. The molecule has 14 atom stereocenters. The number of carbonyl (C=O) groups is 1. The Kier molecular flexibility index (Phi) is 34.0. The molecule has 0 bridgehead atoms. The lowest BCUT2D eigenvalue weighted by atomic mass is 9.98. The first-order chi connectivity index (χ1) is 31.4. The molecule has 0 aromatic heterocycles. The van der Waals surface area contributed by atoms with E-state index in [1.165, 1.54) is 116 Å². The summed E-state index contributed by atoms with van der Waals surface area (Å²) in [6.45, 7) is 2.35. The molecule has 0 aromatic carbocycles. The third kappa shape index (κ3) is 23.9. The molecule has 2 saturated heterocycles. The highest BCUT2D eigenvalue weighted by Gasteiger charge is 2.52. The molecule has 2 rings (SSSR count). The summed E-state index contributed by atoms with van der Waals surface area (Å²) >= 11 is 0. The number of aliphatic hydroxyl groups excluding tert-OH is 10. The number of nitrogens with one attached hydrogen (secondary N) is 1. The fraction of sp³-hybridized carbons (Fsp3) is 0.980. The van der Waals surface area contributed by atoms with Gasteiger partial charge in [0.1, 0.15) is 61.0 Å². The fourth-order valence-corrected chi connectivity index (χ4v) is 8.89. The summed E-state index contributed by atoms with van der Waals surface area (Å²) in [6.07, 6.45) is 11.4. The largest absolute Gasteiger partial charge is 0.394 e. The molecule has 0 radical (unpaired) electrons. The first-order valence-electron chi connectivity index (χ1n) is 26.0. The van der Waals surface area contributed by atoms with E-state index in [1.54, 1.807) is 0 Å². The number of hydrogen-bond acceptors (Lipinski definition) is 15. The zero-order valence-electron chi connectivity index (χ0n) is 40.2. The van der Waals surface area contributed by atoms with Crippen molar-refractivity contribution in [1.29, 1.82) is 0 Å². The second-order valence-electron chi connectivity index (χ2n) is 18.9. The van der Waals surface area contributed by atoms with Crippen LogP contribution in [0.2, 0.25) is 0 Å². The third-order valence-corrected chi connectivity index (χ3v) is 13.2. The highest BCUT2D eigenvalue weighted by molar-refractivity contribution is 5.80. The molecule has 11 N–H and O–H groups in total. The van der Waals surface area contributed by atoms with E-state index in [1.807, 2.05) is 0 Å². The van der Waals surface area contributed by atoms with Gasteiger partial charge in [-0.25, -0.2) is 0 Å². The fourth-order valence-electron chi connectivity index (χ4n) is 8.89. The summed E-state index contributed by atoms with van der Waals surface area (Å²) < 4.78 is 22.5. The van der Waals surface area contributed by atoms with Gasteiger partial charge in [0.25, 0.3) is 0 Å². The first-order valence-corrected chi connectivity index (χ1v) is 26.0. The van der Waals surface area contributed by atoms with Crippen LogP contribution in [0.5, 0.6) is 0 Å². The molecule has 0 spiro atoms. The average Bonchev–Trinajstić information content (AvgIpc) is 3.59. The van der Waals surface area contributed by atoms with E-state index >= 15 is 0 Å². The Morgan fingerprint density at radius 3 is 1.45 bits per heavy atom. The Bertz CT molecular complexity index is 1140. The van der Waals surface area contributed by atoms with Gasteiger partial charge >= 0.3 is 0 Å². The monoisotopic (exact) mass is 938 g/mol. The van der Waals surface area contributed by atoms with E-state index in [0.717, 1.165) is 44.9 Å². The number of unbranched alkanes of at least 4 members (excludes halogenated alkanes) is 25. The maximum atomic E-state index is 13.3. The number of hydrogen-bond donors (Lipinski definition) is 11. The van der Waals surface area contributed by atoms with Crippen molar-refractivity contribution < 1.29 is 74.8 Å². The van der Waals surface area contributed by atoms with Gasteiger partial charge in [-0.15, -0.1) is 0 Å². The van der Waals surface area contributed by atoms with Crippen molar-refractivity contribution in [2.45, 2.75) is 286 Å². The number of carbonyl (C=O) groups excluding carboxylic acids is 1. The summed E-state index contributed by atoms with van der Waals surface area (Å²) in [6, 6.07) is -1.28. The Labute approximate surface area is 390 Å². The molecule has 65 heavy (non-hydrogen) atoms. The normalized spacial score (nSPS) is 27.1. The molecule has 0 aromatic rings. The van der Waals surface area contributed by atoms with Crippen LogP contribution < -0.4 is 5.32 Å². The standard InChI is InChI=1S/C49H95NO15/c1-3-5-7-9-11-13-15-16-17-18-19-20-21-23-25-27-29-31-37(54)47(61)50-35(40(56)36(53)30-28-26-24-22-14-12-10-8-6-4-2)34-62-48-44(60)46(41(57)39(33-52)63-48)65-49-43(59)42(58)45(64-49)38(55)32-51/h35-46,48-49,51-60H,3-34H2,1-2H3,(H,50,61). The Morgan fingerprint density at radius 2 is 1.00 bits per heavy atom.